The predicted molar refractivity (Wildman–Crippen MR) is 81.2 cm³/mol. The first-order chi connectivity index (χ1) is 11.5. The Morgan fingerprint density at radius 1 is 1.46 bits per heavy atom. The van der Waals surface area contributed by atoms with Crippen LogP contribution in [0.4, 0.5) is 21.1 Å². The van der Waals surface area contributed by atoms with E-state index in [-0.39, 0.29) is 18.5 Å². The van der Waals surface area contributed by atoms with Crippen LogP contribution in [0, 0.1) is 0 Å². The topological polar surface area (TPSA) is 130 Å². The maximum Gasteiger partial charge on any atom is 0.415 e. The Balaban J connectivity index is 1.61. The highest BCUT2D eigenvalue weighted by atomic mass is 16.6. The second-order valence-electron chi connectivity index (χ2n) is 5.34. The van der Waals surface area contributed by atoms with Gasteiger partial charge in [-0.05, 0) is 25.0 Å². The van der Waals surface area contributed by atoms with Gasteiger partial charge in [0.25, 0.3) is 0 Å². The van der Waals surface area contributed by atoms with E-state index in [4.69, 9.17) is 14.6 Å². The van der Waals surface area contributed by atoms with Crippen LogP contribution in [0.1, 0.15) is 12.8 Å². The number of rotatable bonds is 5. The number of carboxylic acid groups (broad SMARTS) is 1. The Bertz CT molecular complexity index is 679. The summed E-state index contributed by atoms with van der Waals surface area (Å²) in [5.41, 5.74) is 0.585. The largest absolute Gasteiger partial charge is 0.465 e. The molecule has 1 aromatic rings. The van der Waals surface area contributed by atoms with Crippen LogP contribution in [-0.4, -0.2) is 54.0 Å². The fourth-order valence-corrected chi connectivity index (χ4v) is 2.49. The van der Waals surface area contributed by atoms with Crippen molar-refractivity contribution in [3.63, 3.8) is 0 Å². The SMILES string of the molecule is O=C(O)NCCCC1CN(c2ccc3c(n2)OC(=O)CN3)C(=O)O1. The van der Waals surface area contributed by atoms with Crippen molar-refractivity contribution >= 4 is 29.7 Å². The average molecular weight is 336 g/mol. The molecule has 0 radical (unpaired) electrons. The van der Waals surface area contributed by atoms with Crippen molar-refractivity contribution in [3.8, 4) is 5.88 Å². The highest BCUT2D eigenvalue weighted by Gasteiger charge is 2.33. The molecule has 1 fully saturated rings. The Hall–Kier alpha value is -3.04. The molecule has 3 heterocycles. The highest BCUT2D eigenvalue weighted by molar-refractivity contribution is 5.89. The monoisotopic (exact) mass is 336 g/mol. The second-order valence-corrected chi connectivity index (χ2v) is 5.34. The van der Waals surface area contributed by atoms with Gasteiger partial charge in [-0.2, -0.15) is 4.98 Å². The minimum atomic E-state index is -1.08. The van der Waals surface area contributed by atoms with Crippen LogP contribution in [-0.2, 0) is 9.53 Å². The van der Waals surface area contributed by atoms with Crippen molar-refractivity contribution in [2.24, 2.45) is 0 Å². The summed E-state index contributed by atoms with van der Waals surface area (Å²) in [7, 11) is 0. The zero-order valence-corrected chi connectivity index (χ0v) is 12.7. The number of anilines is 2. The minimum Gasteiger partial charge on any atom is -0.465 e. The molecule has 0 aromatic carbocycles. The van der Waals surface area contributed by atoms with Crippen LogP contribution in [0.3, 0.4) is 0 Å². The lowest BCUT2D eigenvalue weighted by Crippen LogP contribution is -2.28. The number of hydrogen-bond acceptors (Lipinski definition) is 7. The molecule has 1 saturated heterocycles. The lowest BCUT2D eigenvalue weighted by atomic mass is 10.2. The first kappa shape index (κ1) is 15.8. The quantitative estimate of drug-likeness (QED) is 0.531. The number of fused-ring (bicyclic) bond motifs is 1. The van der Waals surface area contributed by atoms with Crippen molar-refractivity contribution in [1.82, 2.24) is 10.3 Å². The van der Waals surface area contributed by atoms with Crippen LogP contribution in [0.15, 0.2) is 12.1 Å². The van der Waals surface area contributed by atoms with Crippen molar-refractivity contribution in [1.29, 1.82) is 0 Å². The normalized spacial score (nSPS) is 19.2. The molecule has 0 aliphatic carbocycles. The van der Waals surface area contributed by atoms with Crippen molar-refractivity contribution in [2.75, 3.05) is 29.9 Å². The van der Waals surface area contributed by atoms with E-state index in [2.05, 4.69) is 15.6 Å². The number of esters is 1. The summed E-state index contributed by atoms with van der Waals surface area (Å²) >= 11 is 0. The van der Waals surface area contributed by atoms with Crippen LogP contribution < -0.4 is 20.3 Å². The molecular weight excluding hydrogens is 320 g/mol. The molecule has 1 atom stereocenters. The first-order valence-electron chi connectivity index (χ1n) is 7.43. The number of pyridine rings is 1. The van der Waals surface area contributed by atoms with Crippen LogP contribution >= 0.6 is 0 Å². The fraction of sp³-hybridized carbons (Fsp3) is 0.429. The highest BCUT2D eigenvalue weighted by Crippen LogP contribution is 2.30. The Morgan fingerprint density at radius 2 is 2.29 bits per heavy atom. The Kier molecular flexibility index (Phi) is 4.36. The van der Waals surface area contributed by atoms with Gasteiger partial charge in [0, 0.05) is 6.54 Å². The number of nitrogens with zero attached hydrogens (tertiary/aromatic N) is 2. The summed E-state index contributed by atoms with van der Waals surface area (Å²) in [5.74, 6) is 0.0204. The van der Waals surface area contributed by atoms with Crippen LogP contribution in [0.25, 0.3) is 0 Å². The molecule has 10 heteroatoms. The number of cyclic esters (lactones) is 1. The minimum absolute atomic E-state index is 0.0756. The van der Waals surface area contributed by atoms with Gasteiger partial charge in [0.2, 0.25) is 5.88 Å². The van der Waals surface area contributed by atoms with Gasteiger partial charge in [0.1, 0.15) is 18.5 Å². The van der Waals surface area contributed by atoms with Crippen molar-refractivity contribution in [2.45, 2.75) is 18.9 Å². The molecule has 24 heavy (non-hydrogen) atoms. The molecule has 2 amide bonds. The van der Waals surface area contributed by atoms with E-state index in [9.17, 15) is 14.4 Å². The van der Waals surface area contributed by atoms with E-state index in [0.717, 1.165) is 0 Å². The molecule has 2 aliphatic rings. The first-order valence-corrected chi connectivity index (χ1v) is 7.43. The summed E-state index contributed by atoms with van der Waals surface area (Å²) in [6, 6.07) is 3.32. The number of amides is 2. The third kappa shape index (κ3) is 3.47. The number of ether oxygens (including phenoxy) is 2. The predicted octanol–water partition coefficient (Wildman–Crippen LogP) is 0.785. The number of nitrogens with one attached hydrogen (secondary N) is 2. The number of carbonyl (C=O) groups is 3. The molecule has 3 N–H and O–H groups in total. The van der Waals surface area contributed by atoms with Crippen LogP contribution in [0.5, 0.6) is 5.88 Å². The summed E-state index contributed by atoms with van der Waals surface area (Å²) in [5, 5.41) is 13.6. The lowest BCUT2D eigenvalue weighted by molar-refractivity contribution is -0.133. The molecular formula is C14H16N4O6. The molecule has 0 spiro atoms. The maximum atomic E-state index is 12.0. The number of carbonyl (C=O) groups excluding carboxylic acids is 2. The van der Waals surface area contributed by atoms with E-state index in [1.165, 1.54) is 4.90 Å². The van der Waals surface area contributed by atoms with Crippen molar-refractivity contribution in [3.05, 3.63) is 12.1 Å². The zero-order valence-electron chi connectivity index (χ0n) is 12.7. The lowest BCUT2D eigenvalue weighted by Gasteiger charge is -2.19. The number of hydrogen-bond donors (Lipinski definition) is 3. The number of aromatic nitrogens is 1. The standard InChI is InChI=1S/C14H16N4O6/c19-11-6-16-9-3-4-10(17-12(9)24-11)18-7-8(23-14(18)22)2-1-5-15-13(20)21/h3-4,8,15-16H,1-2,5-7H2,(H,20,21). The second kappa shape index (κ2) is 6.60. The van der Waals surface area contributed by atoms with E-state index in [1.54, 1.807) is 12.1 Å². The molecule has 3 rings (SSSR count). The van der Waals surface area contributed by atoms with E-state index < -0.39 is 18.2 Å². The zero-order chi connectivity index (χ0) is 17.1. The van der Waals surface area contributed by atoms with Crippen molar-refractivity contribution < 1.29 is 29.0 Å². The third-order valence-corrected chi connectivity index (χ3v) is 3.61. The van der Waals surface area contributed by atoms with Gasteiger partial charge in [-0.25, -0.2) is 14.4 Å². The molecule has 2 aliphatic heterocycles. The van der Waals surface area contributed by atoms with E-state index >= 15 is 0 Å². The third-order valence-electron chi connectivity index (χ3n) is 3.61. The summed E-state index contributed by atoms with van der Waals surface area (Å²) in [4.78, 5) is 39.2. The molecule has 10 nitrogen and oxygen atoms in total. The maximum absolute atomic E-state index is 12.0. The Labute approximate surface area is 136 Å². The molecule has 1 unspecified atom stereocenters. The van der Waals surface area contributed by atoms with Gasteiger partial charge in [0.15, 0.2) is 0 Å². The van der Waals surface area contributed by atoms with Gasteiger partial charge >= 0.3 is 18.2 Å². The summed E-state index contributed by atoms with van der Waals surface area (Å²) in [6.07, 6.45) is -0.872. The van der Waals surface area contributed by atoms with E-state index in [1.807, 2.05) is 0 Å². The van der Waals surface area contributed by atoms with Gasteiger partial charge in [-0.3, -0.25) is 4.90 Å². The van der Waals surface area contributed by atoms with Gasteiger partial charge in [-0.1, -0.05) is 0 Å². The molecule has 0 saturated carbocycles. The average Bonchev–Trinajstić information content (AvgIpc) is 2.91. The van der Waals surface area contributed by atoms with Gasteiger partial charge in [0.05, 0.1) is 12.2 Å². The van der Waals surface area contributed by atoms with Gasteiger partial charge in [-0.15, -0.1) is 0 Å². The fourth-order valence-electron chi connectivity index (χ4n) is 2.49. The molecule has 128 valence electrons. The smallest absolute Gasteiger partial charge is 0.415 e. The summed E-state index contributed by atoms with van der Waals surface area (Å²) < 4.78 is 10.3. The molecule has 1 aromatic heterocycles. The van der Waals surface area contributed by atoms with Gasteiger partial charge < -0.3 is 25.2 Å². The van der Waals surface area contributed by atoms with Crippen LogP contribution in [0.2, 0.25) is 0 Å². The van der Waals surface area contributed by atoms with E-state index in [0.29, 0.717) is 37.4 Å². The molecule has 0 bridgehead atoms. The Morgan fingerprint density at radius 3 is 3.08 bits per heavy atom. The summed E-state index contributed by atoms with van der Waals surface area (Å²) in [6.45, 7) is 0.674.